The quantitative estimate of drug-likeness (QED) is 0.288. The standard InChI is InChI=1S/C21H26F3N3O3.HI/c1-14-5-7-16(18(9-14)30-13-21(22,23)24)12-27-20(25-2)26-11-15-6-8-17(28-3)19(10-15)29-4;/h5-10H,11-13H2,1-4H3,(H2,25,26,27);1H. The Morgan fingerprint density at radius 3 is 2.23 bits per heavy atom. The molecule has 172 valence electrons. The summed E-state index contributed by atoms with van der Waals surface area (Å²) >= 11 is 0. The molecule has 0 spiro atoms. The number of alkyl halides is 3. The Bertz CT molecular complexity index is 877. The van der Waals surface area contributed by atoms with E-state index in [4.69, 9.17) is 14.2 Å². The van der Waals surface area contributed by atoms with Crippen LogP contribution in [0.3, 0.4) is 0 Å². The molecule has 2 aromatic carbocycles. The Morgan fingerprint density at radius 2 is 1.61 bits per heavy atom. The molecular weight excluding hydrogens is 526 g/mol. The molecule has 6 nitrogen and oxygen atoms in total. The number of aryl methyl sites for hydroxylation is 1. The molecule has 0 atom stereocenters. The van der Waals surface area contributed by atoms with Gasteiger partial charge in [-0.1, -0.05) is 18.2 Å². The maximum absolute atomic E-state index is 12.5. The first-order valence-corrected chi connectivity index (χ1v) is 9.20. The molecule has 31 heavy (non-hydrogen) atoms. The predicted molar refractivity (Wildman–Crippen MR) is 125 cm³/mol. The van der Waals surface area contributed by atoms with Crippen molar-refractivity contribution in [2.75, 3.05) is 27.9 Å². The Hall–Kier alpha value is -2.37. The van der Waals surface area contributed by atoms with Crippen molar-refractivity contribution in [1.82, 2.24) is 10.6 Å². The number of nitrogens with zero attached hydrogens (tertiary/aromatic N) is 1. The number of benzene rings is 2. The summed E-state index contributed by atoms with van der Waals surface area (Å²) in [6.07, 6.45) is -4.40. The van der Waals surface area contributed by atoms with E-state index in [1.54, 1.807) is 40.3 Å². The van der Waals surface area contributed by atoms with Gasteiger partial charge in [0.1, 0.15) is 5.75 Å². The fourth-order valence-corrected chi connectivity index (χ4v) is 2.68. The van der Waals surface area contributed by atoms with Crippen molar-refractivity contribution < 1.29 is 27.4 Å². The molecule has 0 aliphatic heterocycles. The van der Waals surface area contributed by atoms with Gasteiger partial charge in [-0.25, -0.2) is 0 Å². The van der Waals surface area contributed by atoms with E-state index >= 15 is 0 Å². The van der Waals surface area contributed by atoms with Gasteiger partial charge in [0, 0.05) is 25.7 Å². The summed E-state index contributed by atoms with van der Waals surface area (Å²) in [5.74, 6) is 1.93. The van der Waals surface area contributed by atoms with Crippen LogP contribution in [0.5, 0.6) is 17.2 Å². The number of guanidine groups is 1. The molecule has 0 amide bonds. The number of hydrogen-bond acceptors (Lipinski definition) is 4. The minimum Gasteiger partial charge on any atom is -0.493 e. The zero-order valence-electron chi connectivity index (χ0n) is 17.8. The number of ether oxygens (including phenoxy) is 3. The van der Waals surface area contributed by atoms with E-state index in [0.717, 1.165) is 11.1 Å². The molecule has 0 unspecified atom stereocenters. The molecule has 0 aromatic heterocycles. The van der Waals surface area contributed by atoms with Crippen LogP contribution >= 0.6 is 24.0 Å². The van der Waals surface area contributed by atoms with Gasteiger partial charge < -0.3 is 24.8 Å². The van der Waals surface area contributed by atoms with Crippen LogP contribution in [-0.2, 0) is 13.1 Å². The normalized spacial score (nSPS) is 11.4. The minimum atomic E-state index is -4.40. The van der Waals surface area contributed by atoms with Crippen molar-refractivity contribution >= 4 is 29.9 Å². The lowest BCUT2D eigenvalue weighted by Gasteiger charge is -2.16. The number of aliphatic imine (C=N–C) groups is 1. The SMILES string of the molecule is CN=C(NCc1ccc(OC)c(OC)c1)NCc1ccc(C)cc1OCC(F)(F)F.I. The van der Waals surface area contributed by atoms with Crippen molar-refractivity contribution in [3.63, 3.8) is 0 Å². The van der Waals surface area contributed by atoms with Gasteiger partial charge in [0.05, 0.1) is 14.2 Å². The van der Waals surface area contributed by atoms with Gasteiger partial charge in [-0.3, -0.25) is 4.99 Å². The van der Waals surface area contributed by atoms with E-state index in [1.165, 1.54) is 0 Å². The molecule has 2 N–H and O–H groups in total. The molecule has 0 radical (unpaired) electrons. The summed E-state index contributed by atoms with van der Waals surface area (Å²) in [5, 5.41) is 6.24. The third-order valence-corrected chi connectivity index (χ3v) is 4.19. The first kappa shape index (κ1) is 26.7. The monoisotopic (exact) mass is 553 g/mol. The highest BCUT2D eigenvalue weighted by molar-refractivity contribution is 14.0. The zero-order chi connectivity index (χ0) is 22.1. The highest BCUT2D eigenvalue weighted by Crippen LogP contribution is 2.27. The highest BCUT2D eigenvalue weighted by atomic mass is 127. The smallest absolute Gasteiger partial charge is 0.422 e. The lowest BCUT2D eigenvalue weighted by atomic mass is 10.1. The molecule has 0 aliphatic carbocycles. The second kappa shape index (κ2) is 12.5. The van der Waals surface area contributed by atoms with Gasteiger partial charge in [0.15, 0.2) is 24.1 Å². The van der Waals surface area contributed by atoms with Crippen molar-refractivity contribution in [3.05, 3.63) is 53.1 Å². The third kappa shape index (κ3) is 8.72. The van der Waals surface area contributed by atoms with Crippen LogP contribution in [-0.4, -0.2) is 40.0 Å². The van der Waals surface area contributed by atoms with Crippen LogP contribution in [0.1, 0.15) is 16.7 Å². The topological polar surface area (TPSA) is 64.1 Å². The second-order valence-electron chi connectivity index (χ2n) is 6.48. The summed E-state index contributed by atoms with van der Waals surface area (Å²) in [6.45, 7) is 1.17. The molecule has 0 bridgehead atoms. The van der Waals surface area contributed by atoms with E-state index in [0.29, 0.717) is 29.6 Å². The summed E-state index contributed by atoms with van der Waals surface area (Å²) in [5.41, 5.74) is 2.35. The second-order valence-corrected chi connectivity index (χ2v) is 6.48. The summed E-state index contributed by atoms with van der Waals surface area (Å²) in [6, 6.07) is 10.7. The number of methoxy groups -OCH3 is 2. The highest BCUT2D eigenvalue weighted by Gasteiger charge is 2.28. The van der Waals surface area contributed by atoms with Crippen LogP contribution in [0, 0.1) is 6.92 Å². The first-order valence-electron chi connectivity index (χ1n) is 9.20. The maximum atomic E-state index is 12.5. The first-order chi connectivity index (χ1) is 14.3. The summed E-state index contributed by atoms with van der Waals surface area (Å²) in [4.78, 5) is 4.14. The molecule has 0 saturated carbocycles. The largest absolute Gasteiger partial charge is 0.493 e. The zero-order valence-corrected chi connectivity index (χ0v) is 20.1. The molecule has 0 aliphatic rings. The molecule has 0 fully saturated rings. The van der Waals surface area contributed by atoms with Gasteiger partial charge in [-0.15, -0.1) is 24.0 Å². The predicted octanol–water partition coefficient (Wildman–Crippen LogP) is 4.44. The van der Waals surface area contributed by atoms with E-state index in [2.05, 4.69) is 15.6 Å². The van der Waals surface area contributed by atoms with Gasteiger partial charge in [-0.2, -0.15) is 13.2 Å². The van der Waals surface area contributed by atoms with E-state index in [-0.39, 0.29) is 36.3 Å². The molecule has 0 heterocycles. The van der Waals surface area contributed by atoms with E-state index < -0.39 is 12.8 Å². The van der Waals surface area contributed by atoms with Crippen molar-refractivity contribution in [1.29, 1.82) is 0 Å². The van der Waals surface area contributed by atoms with Crippen LogP contribution in [0.2, 0.25) is 0 Å². The number of nitrogens with one attached hydrogen (secondary N) is 2. The van der Waals surface area contributed by atoms with Crippen LogP contribution in [0.15, 0.2) is 41.4 Å². The Balaban J connectivity index is 0.00000480. The van der Waals surface area contributed by atoms with Gasteiger partial charge in [-0.05, 0) is 36.2 Å². The van der Waals surface area contributed by atoms with Gasteiger partial charge >= 0.3 is 6.18 Å². The number of halogens is 4. The van der Waals surface area contributed by atoms with Crippen molar-refractivity contribution in [2.45, 2.75) is 26.2 Å². The maximum Gasteiger partial charge on any atom is 0.422 e. The lowest BCUT2D eigenvalue weighted by Crippen LogP contribution is -2.36. The lowest BCUT2D eigenvalue weighted by molar-refractivity contribution is -0.153. The Kier molecular flexibility index (Phi) is 10.7. The van der Waals surface area contributed by atoms with E-state index in [9.17, 15) is 13.2 Å². The average Bonchev–Trinajstić information content (AvgIpc) is 2.72. The van der Waals surface area contributed by atoms with Crippen LogP contribution in [0.25, 0.3) is 0 Å². The third-order valence-electron chi connectivity index (χ3n) is 4.19. The molecular formula is C21H27F3IN3O3. The average molecular weight is 553 g/mol. The number of rotatable bonds is 8. The molecule has 0 saturated heterocycles. The molecule has 2 aromatic rings. The van der Waals surface area contributed by atoms with Gasteiger partial charge in [0.25, 0.3) is 0 Å². The number of hydrogen-bond donors (Lipinski definition) is 2. The Morgan fingerprint density at radius 1 is 0.935 bits per heavy atom. The van der Waals surface area contributed by atoms with Crippen molar-refractivity contribution in [3.8, 4) is 17.2 Å². The van der Waals surface area contributed by atoms with Gasteiger partial charge in [0.2, 0.25) is 0 Å². The summed E-state index contributed by atoms with van der Waals surface area (Å²) in [7, 11) is 4.75. The fraction of sp³-hybridized carbons (Fsp3) is 0.381. The molecule has 10 heteroatoms. The van der Waals surface area contributed by atoms with Crippen molar-refractivity contribution in [2.24, 2.45) is 4.99 Å². The van der Waals surface area contributed by atoms with Crippen LogP contribution in [0.4, 0.5) is 13.2 Å². The Labute approximate surface area is 197 Å². The summed E-state index contributed by atoms with van der Waals surface area (Å²) < 4.78 is 53.0. The fourth-order valence-electron chi connectivity index (χ4n) is 2.68. The molecule has 2 rings (SSSR count). The van der Waals surface area contributed by atoms with E-state index in [1.807, 2.05) is 24.3 Å². The minimum absolute atomic E-state index is 0. The van der Waals surface area contributed by atoms with Crippen LogP contribution < -0.4 is 24.8 Å².